The molecule has 0 bridgehead atoms. The number of carbonyl (C=O) groups excluding carboxylic acids is 1. The third-order valence-corrected chi connectivity index (χ3v) is 4.63. The average molecular weight is 515 g/mol. The fourth-order valence-electron chi connectivity index (χ4n) is 3.03. The highest BCUT2D eigenvalue weighted by molar-refractivity contribution is 5.77. The maximum atomic E-state index is 14.8. The molecule has 0 spiro atoms. The standard InChI is InChI=1S/C21H14F5N3O7/c1-10(30)9-35-15-4-3-11(22)5-17(15)36-16-7-13(12(23)6-14(16)29(33)34)28-19(31)8-18(21(24,25)26)27(2)20(28)32/h3-8H,9H2,1-2H3. The van der Waals surface area contributed by atoms with Gasteiger partial charge in [-0.05, 0) is 19.1 Å². The third-order valence-electron chi connectivity index (χ3n) is 4.63. The van der Waals surface area contributed by atoms with Crippen molar-refractivity contribution < 1.29 is 41.1 Å². The molecular weight excluding hydrogens is 501 g/mol. The van der Waals surface area contributed by atoms with Crippen molar-refractivity contribution in [2.75, 3.05) is 6.61 Å². The SMILES string of the molecule is CC(=O)COc1ccc(F)cc1Oc1cc(-n2c(=O)cc(C(F)(F)F)n(C)c2=O)c(F)cc1[N+](=O)[O-]. The van der Waals surface area contributed by atoms with E-state index < -0.39 is 74.9 Å². The molecule has 0 saturated heterocycles. The van der Waals surface area contributed by atoms with Gasteiger partial charge >= 0.3 is 17.6 Å². The topological polar surface area (TPSA) is 123 Å². The van der Waals surface area contributed by atoms with Crippen LogP contribution in [0.1, 0.15) is 12.6 Å². The largest absolute Gasteiger partial charge is 0.482 e. The van der Waals surface area contributed by atoms with Crippen molar-refractivity contribution in [2.45, 2.75) is 13.1 Å². The van der Waals surface area contributed by atoms with E-state index in [-0.39, 0.29) is 27.0 Å². The van der Waals surface area contributed by atoms with Crippen molar-refractivity contribution in [2.24, 2.45) is 7.05 Å². The number of alkyl halides is 3. The molecule has 3 aromatic rings. The Labute approximate surface area is 196 Å². The minimum atomic E-state index is -5.08. The number of hydrogen-bond donors (Lipinski definition) is 0. The van der Waals surface area contributed by atoms with Crippen LogP contribution in [0.2, 0.25) is 0 Å². The maximum absolute atomic E-state index is 14.8. The van der Waals surface area contributed by atoms with Gasteiger partial charge in [0.25, 0.3) is 5.56 Å². The van der Waals surface area contributed by atoms with Gasteiger partial charge < -0.3 is 9.47 Å². The van der Waals surface area contributed by atoms with Gasteiger partial charge in [-0.3, -0.25) is 24.3 Å². The third kappa shape index (κ3) is 5.24. The van der Waals surface area contributed by atoms with Crippen LogP contribution >= 0.6 is 0 Å². The highest BCUT2D eigenvalue weighted by Crippen LogP contribution is 2.38. The Hall–Kier alpha value is -4.56. The first-order valence-corrected chi connectivity index (χ1v) is 9.69. The molecule has 0 aliphatic carbocycles. The van der Waals surface area contributed by atoms with E-state index in [1.54, 1.807) is 0 Å². The zero-order valence-corrected chi connectivity index (χ0v) is 18.3. The van der Waals surface area contributed by atoms with E-state index >= 15 is 0 Å². The monoisotopic (exact) mass is 515 g/mol. The van der Waals surface area contributed by atoms with Gasteiger partial charge in [0, 0.05) is 25.2 Å². The summed E-state index contributed by atoms with van der Waals surface area (Å²) < 4.78 is 78.5. The molecule has 10 nitrogen and oxygen atoms in total. The van der Waals surface area contributed by atoms with Crippen LogP contribution in [0, 0.1) is 21.7 Å². The first kappa shape index (κ1) is 26.1. The van der Waals surface area contributed by atoms with E-state index in [2.05, 4.69) is 0 Å². The fraction of sp³-hybridized carbons (Fsp3) is 0.190. The first-order valence-electron chi connectivity index (χ1n) is 9.69. The number of nitrogens with zero attached hydrogens (tertiary/aromatic N) is 3. The van der Waals surface area contributed by atoms with Gasteiger partial charge in [-0.25, -0.2) is 18.1 Å². The van der Waals surface area contributed by atoms with Crippen molar-refractivity contribution in [3.63, 3.8) is 0 Å². The second kappa shape index (κ2) is 9.59. The lowest BCUT2D eigenvalue weighted by Crippen LogP contribution is -2.41. The number of carbonyl (C=O) groups is 1. The number of benzene rings is 2. The molecule has 0 aliphatic rings. The number of ether oxygens (including phenoxy) is 2. The number of hydrogen-bond acceptors (Lipinski definition) is 7. The summed E-state index contributed by atoms with van der Waals surface area (Å²) in [5, 5.41) is 11.5. The van der Waals surface area contributed by atoms with Crippen molar-refractivity contribution >= 4 is 11.5 Å². The Balaban J connectivity index is 2.23. The molecular formula is C21H14F5N3O7. The summed E-state index contributed by atoms with van der Waals surface area (Å²) in [6.45, 7) is 0.708. The molecule has 3 rings (SSSR count). The van der Waals surface area contributed by atoms with Gasteiger partial charge in [-0.2, -0.15) is 13.2 Å². The van der Waals surface area contributed by atoms with E-state index in [1.165, 1.54) is 6.92 Å². The van der Waals surface area contributed by atoms with Gasteiger partial charge in [-0.1, -0.05) is 0 Å². The molecule has 0 N–H and O–H groups in total. The summed E-state index contributed by atoms with van der Waals surface area (Å²) >= 11 is 0. The molecule has 0 aliphatic heterocycles. The number of nitro groups is 1. The molecule has 36 heavy (non-hydrogen) atoms. The Morgan fingerprint density at radius 3 is 2.31 bits per heavy atom. The molecule has 1 aromatic heterocycles. The number of aromatic nitrogens is 2. The molecule has 0 fully saturated rings. The lowest BCUT2D eigenvalue weighted by molar-refractivity contribution is -0.385. The Kier molecular flexibility index (Phi) is 6.94. The predicted octanol–water partition coefficient (Wildman–Crippen LogP) is 3.50. The number of Topliss-reactive ketones (excluding diaryl/α,β-unsaturated/α-hetero) is 1. The quantitative estimate of drug-likeness (QED) is 0.268. The van der Waals surface area contributed by atoms with Crippen LogP contribution in [0.15, 0.2) is 46.0 Å². The summed E-state index contributed by atoms with van der Waals surface area (Å²) in [6, 6.07) is 3.53. The van der Waals surface area contributed by atoms with Crippen molar-refractivity contribution in [3.8, 4) is 22.9 Å². The van der Waals surface area contributed by atoms with Crippen LogP contribution in [-0.2, 0) is 18.0 Å². The summed E-state index contributed by atoms with van der Waals surface area (Å²) in [4.78, 5) is 46.5. The zero-order valence-electron chi connectivity index (χ0n) is 18.3. The van der Waals surface area contributed by atoms with E-state index in [0.29, 0.717) is 13.1 Å². The molecule has 1 heterocycles. The van der Waals surface area contributed by atoms with E-state index in [9.17, 15) is 46.5 Å². The van der Waals surface area contributed by atoms with Crippen LogP contribution in [0.4, 0.5) is 27.6 Å². The van der Waals surface area contributed by atoms with Crippen molar-refractivity contribution in [1.82, 2.24) is 9.13 Å². The molecule has 0 atom stereocenters. The molecule has 15 heteroatoms. The molecule has 0 saturated carbocycles. The lowest BCUT2D eigenvalue weighted by atomic mass is 10.2. The summed E-state index contributed by atoms with van der Waals surface area (Å²) in [7, 11) is 0.688. The van der Waals surface area contributed by atoms with Crippen LogP contribution in [0.25, 0.3) is 5.69 Å². The van der Waals surface area contributed by atoms with E-state index in [0.717, 1.165) is 18.2 Å². The molecule has 0 amide bonds. The average Bonchev–Trinajstić information content (AvgIpc) is 2.76. The molecule has 190 valence electrons. The van der Waals surface area contributed by atoms with Gasteiger partial charge in [-0.15, -0.1) is 0 Å². The minimum Gasteiger partial charge on any atom is -0.482 e. The predicted molar refractivity (Wildman–Crippen MR) is 112 cm³/mol. The van der Waals surface area contributed by atoms with Crippen molar-refractivity contribution in [1.29, 1.82) is 0 Å². The van der Waals surface area contributed by atoms with Gasteiger partial charge in [0.1, 0.15) is 18.1 Å². The number of ketones is 1. The normalized spacial score (nSPS) is 11.3. The number of rotatable bonds is 7. The Morgan fingerprint density at radius 1 is 1.06 bits per heavy atom. The lowest BCUT2D eigenvalue weighted by Gasteiger charge is -2.16. The van der Waals surface area contributed by atoms with E-state index in [1.807, 2.05) is 0 Å². The second-order valence-electron chi connectivity index (χ2n) is 7.25. The molecule has 0 unspecified atom stereocenters. The summed E-state index contributed by atoms with van der Waals surface area (Å²) in [6.07, 6.45) is -5.08. The minimum absolute atomic E-state index is 0.0138. The summed E-state index contributed by atoms with van der Waals surface area (Å²) in [5.41, 5.74) is -6.81. The van der Waals surface area contributed by atoms with Gasteiger partial charge in [0.05, 0.1) is 16.7 Å². The first-order chi connectivity index (χ1) is 16.7. The fourth-order valence-corrected chi connectivity index (χ4v) is 3.03. The van der Waals surface area contributed by atoms with Gasteiger partial charge in [0.2, 0.25) is 5.75 Å². The highest BCUT2D eigenvalue weighted by Gasteiger charge is 2.35. The van der Waals surface area contributed by atoms with Crippen LogP contribution < -0.4 is 20.7 Å². The Bertz CT molecular complexity index is 1490. The molecule has 2 aromatic carbocycles. The van der Waals surface area contributed by atoms with E-state index in [4.69, 9.17) is 9.47 Å². The Morgan fingerprint density at radius 2 is 1.72 bits per heavy atom. The van der Waals surface area contributed by atoms with Gasteiger partial charge in [0.15, 0.2) is 23.1 Å². The number of nitro benzene ring substituents is 1. The zero-order chi connectivity index (χ0) is 26.9. The van der Waals surface area contributed by atoms with Crippen LogP contribution in [0.5, 0.6) is 17.2 Å². The number of halogens is 5. The highest BCUT2D eigenvalue weighted by atomic mass is 19.4. The second-order valence-corrected chi connectivity index (χ2v) is 7.25. The molecule has 0 radical (unpaired) electrons. The van der Waals surface area contributed by atoms with Crippen LogP contribution in [-0.4, -0.2) is 26.4 Å². The van der Waals surface area contributed by atoms with Crippen molar-refractivity contribution in [3.05, 3.63) is 84.7 Å². The smallest absolute Gasteiger partial charge is 0.431 e. The maximum Gasteiger partial charge on any atom is 0.431 e. The van der Waals surface area contributed by atoms with Crippen LogP contribution in [0.3, 0.4) is 0 Å². The summed E-state index contributed by atoms with van der Waals surface area (Å²) in [5.74, 6) is -4.39.